The lowest BCUT2D eigenvalue weighted by molar-refractivity contribution is -0.225. The molecule has 0 aliphatic carbocycles. The summed E-state index contributed by atoms with van der Waals surface area (Å²) in [6.07, 6.45) is 8.04. The van der Waals surface area contributed by atoms with Gasteiger partial charge in [0.15, 0.2) is 0 Å². The quantitative estimate of drug-likeness (QED) is 0.158. The summed E-state index contributed by atoms with van der Waals surface area (Å²) in [7, 11) is 0. The topological polar surface area (TPSA) is 140 Å². The van der Waals surface area contributed by atoms with Gasteiger partial charge in [-0.3, -0.25) is 19.2 Å². The molecule has 0 radical (unpaired) electrons. The number of nitrogens with zero attached hydrogens (tertiary/aromatic N) is 2. The van der Waals surface area contributed by atoms with Crippen molar-refractivity contribution in [1.29, 1.82) is 0 Å². The van der Waals surface area contributed by atoms with Gasteiger partial charge in [-0.1, -0.05) is 76.2 Å². The standard InChI is InChI=1S/C42H42N6O5/c1-7-39(3,4)33-25(23-13-9-11-15-29(23)43-33)21-31-35(49)47-19-17-27-28-18-20-48-36(50)32(46-38(52)42(28,48)53-41(27,47)37(51)45-31)22-26-24-14-10-12-16-30(24)44-34(26)40(5,6)8-2/h7-16,21-22,27-28,43-44H,1-2,17-20H2,3-6H3,(H,45,51)(H,46,52). The molecule has 9 rings (SSSR count). The fourth-order valence-electron chi connectivity index (χ4n) is 9.44. The molecule has 0 bridgehead atoms. The van der Waals surface area contributed by atoms with E-state index in [0.717, 1.165) is 44.3 Å². The third-order valence-corrected chi connectivity index (χ3v) is 12.4. The van der Waals surface area contributed by atoms with Crippen LogP contribution in [0.1, 0.15) is 63.1 Å². The van der Waals surface area contributed by atoms with E-state index < -0.39 is 57.7 Å². The van der Waals surface area contributed by atoms with E-state index in [1.54, 1.807) is 12.2 Å². The van der Waals surface area contributed by atoms with Crippen LogP contribution in [0.25, 0.3) is 34.0 Å². The number of aromatic amines is 2. The molecule has 4 unspecified atom stereocenters. The van der Waals surface area contributed by atoms with Gasteiger partial charge < -0.3 is 35.1 Å². The monoisotopic (exact) mass is 710 g/mol. The predicted molar refractivity (Wildman–Crippen MR) is 201 cm³/mol. The molecule has 4 amide bonds. The molecule has 53 heavy (non-hydrogen) atoms. The summed E-state index contributed by atoms with van der Waals surface area (Å²) in [6, 6.07) is 15.6. The maximum Gasteiger partial charge on any atom is 0.278 e. The highest BCUT2D eigenvalue weighted by molar-refractivity contribution is 6.13. The summed E-state index contributed by atoms with van der Waals surface area (Å²) in [5.41, 5.74) is 0.904. The van der Waals surface area contributed by atoms with Gasteiger partial charge in [-0.05, 0) is 37.1 Å². The fourth-order valence-corrected chi connectivity index (χ4v) is 9.44. The lowest BCUT2D eigenvalue weighted by Gasteiger charge is -2.45. The highest BCUT2D eigenvalue weighted by atomic mass is 16.6. The molecule has 0 saturated carbocycles. The van der Waals surface area contributed by atoms with Gasteiger partial charge >= 0.3 is 0 Å². The third kappa shape index (κ3) is 4.25. The average molecular weight is 711 g/mol. The number of hydrogen-bond donors (Lipinski definition) is 4. The zero-order valence-electron chi connectivity index (χ0n) is 30.3. The summed E-state index contributed by atoms with van der Waals surface area (Å²) in [6.45, 7) is 16.7. The number of carbonyl (C=O) groups excluding carboxylic acids is 4. The maximum atomic E-state index is 14.5. The number of para-hydroxylation sites is 2. The van der Waals surface area contributed by atoms with Crippen molar-refractivity contribution < 1.29 is 23.9 Å². The minimum absolute atomic E-state index is 0.119. The largest absolute Gasteiger partial charge is 0.357 e. The summed E-state index contributed by atoms with van der Waals surface area (Å²) in [4.78, 5) is 67.7. The summed E-state index contributed by atoms with van der Waals surface area (Å²) in [5, 5.41) is 7.60. The zero-order chi connectivity index (χ0) is 37.2. The van der Waals surface area contributed by atoms with Crippen LogP contribution in [0.3, 0.4) is 0 Å². The molecule has 7 heterocycles. The number of hydrogen-bond acceptors (Lipinski definition) is 5. The van der Waals surface area contributed by atoms with Crippen LogP contribution in [0, 0.1) is 11.8 Å². The number of aromatic nitrogens is 2. The lowest BCUT2D eigenvalue weighted by atomic mass is 9.79. The third-order valence-electron chi connectivity index (χ3n) is 12.4. The molecule has 5 saturated heterocycles. The van der Waals surface area contributed by atoms with E-state index in [1.165, 1.54) is 9.80 Å². The first-order valence-corrected chi connectivity index (χ1v) is 18.2. The van der Waals surface area contributed by atoms with Gasteiger partial charge in [0, 0.05) is 80.1 Å². The number of allylic oxidation sites excluding steroid dienone is 2. The first-order valence-electron chi connectivity index (χ1n) is 18.2. The van der Waals surface area contributed by atoms with Gasteiger partial charge in [-0.15, -0.1) is 13.2 Å². The second-order valence-electron chi connectivity index (χ2n) is 16.0. The van der Waals surface area contributed by atoms with E-state index in [-0.39, 0.29) is 24.5 Å². The average Bonchev–Trinajstić information content (AvgIpc) is 3.94. The SMILES string of the molecule is C=CC(C)(C)c1[nH]c2ccccc2c1C=C1NC(=O)C23OC45C(=O)NC(=Cc6c(C(C)(C)C=C)[nH]c7ccccc67)C(=O)N4CCC5C2CCN3C1=O. The van der Waals surface area contributed by atoms with Crippen molar-refractivity contribution in [3.63, 3.8) is 0 Å². The Morgan fingerprint density at radius 3 is 1.47 bits per heavy atom. The molecular formula is C42H42N6O5. The van der Waals surface area contributed by atoms with Crippen molar-refractivity contribution in [3.05, 3.63) is 108 Å². The van der Waals surface area contributed by atoms with Crippen LogP contribution in [0.2, 0.25) is 0 Å². The highest BCUT2D eigenvalue weighted by Gasteiger charge is 2.79. The van der Waals surface area contributed by atoms with Gasteiger partial charge in [-0.2, -0.15) is 0 Å². The number of rotatable bonds is 6. The van der Waals surface area contributed by atoms with Crippen LogP contribution >= 0.6 is 0 Å². The molecule has 4 atom stereocenters. The molecule has 2 aromatic carbocycles. The van der Waals surface area contributed by atoms with Crippen molar-refractivity contribution >= 4 is 57.6 Å². The number of benzene rings is 2. The van der Waals surface area contributed by atoms with Gasteiger partial charge in [0.1, 0.15) is 11.4 Å². The van der Waals surface area contributed by atoms with Crippen molar-refractivity contribution in [1.82, 2.24) is 30.4 Å². The van der Waals surface area contributed by atoms with Crippen LogP contribution in [0.5, 0.6) is 0 Å². The molecule has 5 aliphatic heterocycles. The van der Waals surface area contributed by atoms with Crippen LogP contribution in [0.4, 0.5) is 0 Å². The van der Waals surface area contributed by atoms with Crippen LogP contribution in [-0.2, 0) is 34.7 Å². The van der Waals surface area contributed by atoms with Crippen molar-refractivity contribution in [2.24, 2.45) is 11.8 Å². The Kier molecular flexibility index (Phi) is 6.84. The van der Waals surface area contributed by atoms with Crippen molar-refractivity contribution in [2.75, 3.05) is 13.1 Å². The number of H-pyrrole nitrogens is 2. The molecule has 2 aromatic heterocycles. The van der Waals surface area contributed by atoms with E-state index in [1.807, 2.05) is 88.4 Å². The second kappa shape index (κ2) is 10.9. The van der Waals surface area contributed by atoms with Gasteiger partial charge in [0.2, 0.25) is 11.4 Å². The normalized spacial score (nSPS) is 28.4. The summed E-state index contributed by atoms with van der Waals surface area (Å²) < 4.78 is 6.75. The second-order valence-corrected chi connectivity index (χ2v) is 16.0. The number of fused-ring (bicyclic) bond motifs is 3. The Morgan fingerprint density at radius 1 is 0.679 bits per heavy atom. The number of carbonyl (C=O) groups is 4. The summed E-state index contributed by atoms with van der Waals surface area (Å²) >= 11 is 0. The van der Waals surface area contributed by atoms with Gasteiger partial charge in [0.05, 0.1) is 0 Å². The van der Waals surface area contributed by atoms with Crippen molar-refractivity contribution in [2.45, 2.75) is 62.8 Å². The molecule has 4 N–H and O–H groups in total. The van der Waals surface area contributed by atoms with E-state index in [4.69, 9.17) is 4.74 Å². The molecule has 2 spiro atoms. The molecular weight excluding hydrogens is 668 g/mol. The number of piperazine rings is 2. The molecule has 4 aromatic rings. The van der Waals surface area contributed by atoms with E-state index in [2.05, 4.69) is 33.8 Å². The highest BCUT2D eigenvalue weighted by Crippen LogP contribution is 2.61. The van der Waals surface area contributed by atoms with E-state index in [9.17, 15) is 19.2 Å². The smallest absolute Gasteiger partial charge is 0.278 e. The number of ether oxygens (including phenoxy) is 1. The van der Waals surface area contributed by atoms with Crippen LogP contribution < -0.4 is 10.6 Å². The Bertz CT molecular complexity index is 2250. The Labute approximate surface area is 306 Å². The molecule has 5 aliphatic rings. The Balaban J connectivity index is 1.08. The number of nitrogens with one attached hydrogen (secondary N) is 4. The molecule has 11 nitrogen and oxygen atoms in total. The van der Waals surface area contributed by atoms with Crippen molar-refractivity contribution in [3.8, 4) is 0 Å². The van der Waals surface area contributed by atoms with Gasteiger partial charge in [0.25, 0.3) is 23.6 Å². The van der Waals surface area contributed by atoms with E-state index in [0.29, 0.717) is 12.8 Å². The minimum Gasteiger partial charge on any atom is -0.357 e. The van der Waals surface area contributed by atoms with E-state index >= 15 is 0 Å². The van der Waals surface area contributed by atoms with Crippen LogP contribution in [-0.4, -0.2) is 67.9 Å². The maximum absolute atomic E-state index is 14.5. The van der Waals surface area contributed by atoms with Gasteiger partial charge in [-0.25, -0.2) is 0 Å². The minimum atomic E-state index is -1.74. The molecule has 270 valence electrons. The van der Waals surface area contributed by atoms with Crippen LogP contribution in [0.15, 0.2) is 85.2 Å². The molecule has 11 heteroatoms. The first kappa shape index (κ1) is 33.2. The summed E-state index contributed by atoms with van der Waals surface area (Å²) in [5.74, 6) is -2.81. The fraction of sp³-hybridized carbons (Fsp3) is 0.333. The zero-order valence-corrected chi connectivity index (χ0v) is 30.3. The first-order chi connectivity index (χ1) is 25.3. The number of amides is 4. The molecule has 5 fully saturated rings. The predicted octanol–water partition coefficient (Wildman–Crippen LogP) is 5.34. The Morgan fingerprint density at radius 2 is 1.08 bits per heavy atom. The lowest BCUT2D eigenvalue weighted by Crippen LogP contribution is -2.70. The Hall–Kier alpha value is -5.68.